The fraction of sp³-hybridized carbons (Fsp3) is 0.200. The lowest BCUT2D eigenvalue weighted by molar-refractivity contribution is 0.256. The quantitative estimate of drug-likeness (QED) is 0.447. The molecule has 1 rings (SSSR count). The van der Waals surface area contributed by atoms with Crippen LogP contribution in [0.4, 0.5) is 10.5 Å². The molecule has 1 aromatic rings. The standard InChI is InChI=1S/C10H13ClN4O/c1-5-3-7(11)4-6(2)8(5)14-10(16)15-9(12)13/h3-4H,1-2H3,(H5,12,13,14,15,16). The van der Waals surface area contributed by atoms with Crippen LogP contribution < -0.4 is 16.4 Å². The molecular formula is C10H13ClN4O. The lowest BCUT2D eigenvalue weighted by Crippen LogP contribution is -2.38. The number of rotatable bonds is 1. The highest BCUT2D eigenvalue weighted by Gasteiger charge is 2.08. The lowest BCUT2D eigenvalue weighted by Gasteiger charge is -2.12. The summed E-state index contributed by atoms with van der Waals surface area (Å²) < 4.78 is 0. The van der Waals surface area contributed by atoms with Crippen LogP contribution in [0, 0.1) is 19.3 Å². The van der Waals surface area contributed by atoms with Crippen LogP contribution in [0.25, 0.3) is 0 Å². The average Bonchev–Trinajstić information content (AvgIpc) is 2.09. The van der Waals surface area contributed by atoms with Crippen molar-refractivity contribution in [3.8, 4) is 0 Å². The van der Waals surface area contributed by atoms with E-state index in [2.05, 4.69) is 10.6 Å². The predicted octanol–water partition coefficient (Wildman–Crippen LogP) is 1.97. The molecule has 86 valence electrons. The number of halogens is 1. The van der Waals surface area contributed by atoms with Crippen LogP contribution in [0.5, 0.6) is 0 Å². The minimum absolute atomic E-state index is 0.401. The van der Waals surface area contributed by atoms with Crippen LogP contribution in [-0.2, 0) is 0 Å². The monoisotopic (exact) mass is 240 g/mol. The maximum Gasteiger partial charge on any atom is 0.325 e. The molecule has 5 nitrogen and oxygen atoms in total. The number of hydrogen-bond donors (Lipinski definition) is 4. The van der Waals surface area contributed by atoms with Gasteiger partial charge >= 0.3 is 6.03 Å². The summed E-state index contributed by atoms with van der Waals surface area (Å²) in [7, 11) is 0. The molecule has 0 unspecified atom stereocenters. The van der Waals surface area contributed by atoms with Crippen LogP contribution in [0.2, 0.25) is 5.02 Å². The van der Waals surface area contributed by atoms with E-state index in [4.69, 9.17) is 22.7 Å². The van der Waals surface area contributed by atoms with Crippen molar-refractivity contribution in [1.29, 1.82) is 5.41 Å². The summed E-state index contributed by atoms with van der Waals surface area (Å²) in [5.74, 6) is -0.401. The Labute approximate surface area is 98.5 Å². The van der Waals surface area contributed by atoms with E-state index in [9.17, 15) is 4.79 Å². The molecule has 0 fully saturated rings. The number of anilines is 1. The van der Waals surface area contributed by atoms with Crippen molar-refractivity contribution in [1.82, 2.24) is 5.32 Å². The largest absolute Gasteiger partial charge is 0.370 e. The van der Waals surface area contributed by atoms with E-state index in [1.807, 2.05) is 13.8 Å². The Balaban J connectivity index is 2.89. The molecule has 0 aromatic heterocycles. The van der Waals surface area contributed by atoms with Gasteiger partial charge in [-0.3, -0.25) is 10.7 Å². The number of nitrogens with one attached hydrogen (secondary N) is 3. The van der Waals surface area contributed by atoms with Gasteiger partial charge in [0, 0.05) is 10.7 Å². The third-order valence-corrected chi connectivity index (χ3v) is 2.20. The van der Waals surface area contributed by atoms with E-state index >= 15 is 0 Å². The minimum atomic E-state index is -0.541. The van der Waals surface area contributed by atoms with Gasteiger partial charge in [0.1, 0.15) is 0 Å². The third-order valence-electron chi connectivity index (χ3n) is 1.98. The van der Waals surface area contributed by atoms with Gasteiger partial charge in [0.15, 0.2) is 5.96 Å². The Morgan fingerprint density at radius 1 is 1.38 bits per heavy atom. The Kier molecular flexibility index (Phi) is 3.73. The van der Waals surface area contributed by atoms with Crippen molar-refractivity contribution in [2.45, 2.75) is 13.8 Å². The molecule has 0 spiro atoms. The molecule has 6 heteroatoms. The summed E-state index contributed by atoms with van der Waals surface area (Å²) in [5, 5.41) is 12.3. The molecule has 0 aliphatic rings. The first kappa shape index (κ1) is 12.3. The summed E-state index contributed by atoms with van der Waals surface area (Å²) in [6.45, 7) is 3.67. The number of benzene rings is 1. The Morgan fingerprint density at radius 3 is 2.31 bits per heavy atom. The van der Waals surface area contributed by atoms with Gasteiger partial charge in [-0.25, -0.2) is 4.79 Å². The smallest absolute Gasteiger partial charge is 0.325 e. The van der Waals surface area contributed by atoms with E-state index in [1.165, 1.54) is 0 Å². The highest BCUT2D eigenvalue weighted by molar-refractivity contribution is 6.30. The number of guanidine groups is 1. The molecule has 1 aromatic carbocycles. The minimum Gasteiger partial charge on any atom is -0.370 e. The van der Waals surface area contributed by atoms with Gasteiger partial charge in [-0.1, -0.05) is 11.6 Å². The summed E-state index contributed by atoms with van der Waals surface area (Å²) in [6, 6.07) is 2.96. The van der Waals surface area contributed by atoms with Gasteiger partial charge in [0.05, 0.1) is 0 Å². The molecule has 0 bridgehead atoms. The van der Waals surface area contributed by atoms with Crippen LogP contribution in [0.15, 0.2) is 12.1 Å². The van der Waals surface area contributed by atoms with Crippen LogP contribution in [0.1, 0.15) is 11.1 Å². The summed E-state index contributed by atoms with van der Waals surface area (Å²) >= 11 is 5.86. The first-order valence-electron chi connectivity index (χ1n) is 4.59. The summed E-state index contributed by atoms with van der Waals surface area (Å²) in [6.07, 6.45) is 0. The van der Waals surface area contributed by atoms with Crippen LogP contribution >= 0.6 is 11.6 Å². The van der Waals surface area contributed by atoms with Gasteiger partial charge in [0.2, 0.25) is 0 Å². The van der Waals surface area contributed by atoms with Crippen LogP contribution in [0.3, 0.4) is 0 Å². The molecule has 5 N–H and O–H groups in total. The second-order valence-electron chi connectivity index (χ2n) is 3.41. The maximum atomic E-state index is 11.3. The van der Waals surface area contributed by atoms with E-state index in [1.54, 1.807) is 12.1 Å². The van der Waals surface area contributed by atoms with Gasteiger partial charge < -0.3 is 11.1 Å². The Morgan fingerprint density at radius 2 is 1.88 bits per heavy atom. The highest BCUT2D eigenvalue weighted by atomic mass is 35.5. The Bertz CT molecular complexity index is 421. The second-order valence-corrected chi connectivity index (χ2v) is 3.84. The number of amides is 2. The number of carbonyl (C=O) groups excluding carboxylic acids is 1. The first-order chi connectivity index (χ1) is 7.40. The Hall–Kier alpha value is -1.75. The topological polar surface area (TPSA) is 91.0 Å². The van der Waals surface area contributed by atoms with Crippen LogP contribution in [-0.4, -0.2) is 12.0 Å². The number of aryl methyl sites for hydroxylation is 2. The zero-order valence-electron chi connectivity index (χ0n) is 9.02. The molecule has 0 aliphatic carbocycles. The number of nitrogens with two attached hydrogens (primary N) is 1. The van der Waals surface area contributed by atoms with Gasteiger partial charge in [-0.2, -0.15) is 0 Å². The van der Waals surface area contributed by atoms with Gasteiger partial charge in [-0.05, 0) is 37.1 Å². The van der Waals surface area contributed by atoms with Gasteiger partial charge in [-0.15, -0.1) is 0 Å². The summed E-state index contributed by atoms with van der Waals surface area (Å²) in [4.78, 5) is 11.3. The second kappa shape index (κ2) is 4.85. The van der Waals surface area contributed by atoms with Crippen molar-refractivity contribution in [2.75, 3.05) is 5.32 Å². The first-order valence-corrected chi connectivity index (χ1v) is 4.96. The fourth-order valence-corrected chi connectivity index (χ4v) is 1.70. The average molecular weight is 241 g/mol. The van der Waals surface area contributed by atoms with E-state index in [0.29, 0.717) is 10.7 Å². The van der Waals surface area contributed by atoms with Crippen molar-refractivity contribution in [3.05, 3.63) is 28.3 Å². The van der Waals surface area contributed by atoms with E-state index < -0.39 is 12.0 Å². The maximum absolute atomic E-state index is 11.3. The zero-order chi connectivity index (χ0) is 12.3. The molecule has 0 atom stereocenters. The predicted molar refractivity (Wildman–Crippen MR) is 65.0 cm³/mol. The molecule has 0 heterocycles. The number of hydrogen-bond acceptors (Lipinski definition) is 2. The third kappa shape index (κ3) is 3.13. The van der Waals surface area contributed by atoms with E-state index in [0.717, 1.165) is 11.1 Å². The van der Waals surface area contributed by atoms with Crippen molar-refractivity contribution in [2.24, 2.45) is 5.73 Å². The molecule has 0 aliphatic heterocycles. The lowest BCUT2D eigenvalue weighted by atomic mass is 10.1. The molecule has 0 radical (unpaired) electrons. The molecule has 16 heavy (non-hydrogen) atoms. The zero-order valence-corrected chi connectivity index (χ0v) is 9.77. The fourth-order valence-electron chi connectivity index (χ4n) is 1.37. The normalized spacial score (nSPS) is 9.69. The van der Waals surface area contributed by atoms with Crippen molar-refractivity contribution < 1.29 is 4.79 Å². The molecular weight excluding hydrogens is 228 g/mol. The van der Waals surface area contributed by atoms with E-state index in [-0.39, 0.29) is 0 Å². The molecule has 0 saturated carbocycles. The van der Waals surface area contributed by atoms with Crippen molar-refractivity contribution in [3.63, 3.8) is 0 Å². The number of carbonyl (C=O) groups is 1. The molecule has 0 saturated heterocycles. The highest BCUT2D eigenvalue weighted by Crippen LogP contribution is 2.24. The number of urea groups is 1. The molecule has 2 amide bonds. The SMILES string of the molecule is Cc1cc(Cl)cc(C)c1NC(=O)NC(=N)N. The van der Waals surface area contributed by atoms with Crippen molar-refractivity contribution >= 4 is 29.3 Å². The van der Waals surface area contributed by atoms with Gasteiger partial charge in [0.25, 0.3) is 0 Å². The summed E-state index contributed by atoms with van der Waals surface area (Å²) in [5.41, 5.74) is 7.41.